The highest BCUT2D eigenvalue weighted by atomic mass is 15.0. The van der Waals surface area contributed by atoms with Crippen molar-refractivity contribution in [1.82, 2.24) is 15.3 Å². The van der Waals surface area contributed by atoms with E-state index in [1.165, 1.54) is 54.2 Å². The van der Waals surface area contributed by atoms with Crippen molar-refractivity contribution in [2.24, 2.45) is 4.99 Å². The van der Waals surface area contributed by atoms with Crippen LogP contribution in [0.15, 0.2) is 29.3 Å². The van der Waals surface area contributed by atoms with Crippen LogP contribution in [0.2, 0.25) is 0 Å². The van der Waals surface area contributed by atoms with Crippen LogP contribution in [-0.4, -0.2) is 33.8 Å². The van der Waals surface area contributed by atoms with Gasteiger partial charge in [-0.25, -0.2) is 0 Å². The molecule has 0 radical (unpaired) electrons. The maximum absolute atomic E-state index is 5.05. The van der Waals surface area contributed by atoms with Gasteiger partial charge in [0.2, 0.25) is 0 Å². The van der Waals surface area contributed by atoms with Crippen LogP contribution in [-0.2, 0) is 19.3 Å². The first-order valence-electron chi connectivity index (χ1n) is 8.97. The molecule has 2 aromatic heterocycles. The van der Waals surface area contributed by atoms with Gasteiger partial charge in [-0.1, -0.05) is 0 Å². The smallest absolute Gasteiger partial charge is 0.0655 e. The fourth-order valence-corrected chi connectivity index (χ4v) is 4.52. The van der Waals surface area contributed by atoms with E-state index in [4.69, 9.17) is 4.99 Å². The predicted molar refractivity (Wildman–Crippen MR) is 92.2 cm³/mol. The van der Waals surface area contributed by atoms with Crippen LogP contribution < -0.4 is 5.32 Å². The zero-order valence-electron chi connectivity index (χ0n) is 13.4. The third kappa shape index (κ3) is 2.65. The molecule has 120 valence electrons. The summed E-state index contributed by atoms with van der Waals surface area (Å²) in [5.41, 5.74) is 6.63. The van der Waals surface area contributed by atoms with Gasteiger partial charge in [0.25, 0.3) is 0 Å². The average Bonchev–Trinajstić information content (AvgIpc) is 3.28. The number of aromatic amines is 2. The molecule has 1 saturated heterocycles. The topological polar surface area (TPSA) is 56.0 Å². The highest BCUT2D eigenvalue weighted by Gasteiger charge is 2.32. The van der Waals surface area contributed by atoms with E-state index in [9.17, 15) is 0 Å². The quantitative estimate of drug-likeness (QED) is 0.689. The van der Waals surface area contributed by atoms with Crippen molar-refractivity contribution in [3.63, 3.8) is 0 Å². The van der Waals surface area contributed by atoms with Gasteiger partial charge in [-0.3, -0.25) is 4.99 Å². The van der Waals surface area contributed by atoms with Crippen LogP contribution in [0, 0.1) is 0 Å². The molecule has 2 aromatic rings. The monoisotopic (exact) mass is 308 g/mol. The van der Waals surface area contributed by atoms with E-state index in [0.717, 1.165) is 19.3 Å². The predicted octanol–water partition coefficient (Wildman–Crippen LogP) is 2.76. The molecule has 3 N–H and O–H groups in total. The molecule has 0 saturated carbocycles. The summed E-state index contributed by atoms with van der Waals surface area (Å²) >= 11 is 0. The molecule has 3 atom stereocenters. The molecule has 0 aliphatic carbocycles. The Morgan fingerprint density at radius 1 is 0.826 bits per heavy atom. The maximum Gasteiger partial charge on any atom is 0.0655 e. The summed E-state index contributed by atoms with van der Waals surface area (Å²) < 4.78 is 0. The molecule has 5 heterocycles. The van der Waals surface area contributed by atoms with Crippen molar-refractivity contribution < 1.29 is 0 Å². The molecular formula is C19H24N4. The van der Waals surface area contributed by atoms with E-state index >= 15 is 0 Å². The summed E-state index contributed by atoms with van der Waals surface area (Å²) in [7, 11) is 0. The van der Waals surface area contributed by atoms with Gasteiger partial charge in [-0.2, -0.15) is 0 Å². The summed E-state index contributed by atoms with van der Waals surface area (Å²) in [6, 6.07) is 10.6. The lowest BCUT2D eigenvalue weighted by Gasteiger charge is -2.18. The second kappa shape index (κ2) is 5.38. The number of nitrogens with zero attached hydrogens (tertiary/aromatic N) is 1. The molecular weight excluding hydrogens is 284 g/mol. The van der Waals surface area contributed by atoms with Gasteiger partial charge in [-0.15, -0.1) is 0 Å². The number of H-pyrrole nitrogens is 2. The number of hydrogen-bond acceptors (Lipinski definition) is 2. The third-order valence-corrected chi connectivity index (χ3v) is 5.67. The van der Waals surface area contributed by atoms with E-state index in [0.29, 0.717) is 18.1 Å². The van der Waals surface area contributed by atoms with Gasteiger partial charge in [-0.05, 0) is 49.9 Å². The first kappa shape index (κ1) is 13.6. The molecule has 0 amide bonds. The number of aromatic nitrogens is 2. The van der Waals surface area contributed by atoms with Crippen molar-refractivity contribution in [2.45, 2.75) is 63.1 Å². The van der Waals surface area contributed by atoms with Crippen LogP contribution in [0.1, 0.15) is 48.5 Å². The van der Waals surface area contributed by atoms with Crippen molar-refractivity contribution >= 4 is 5.71 Å². The van der Waals surface area contributed by atoms with Gasteiger partial charge < -0.3 is 15.3 Å². The van der Waals surface area contributed by atoms with Crippen molar-refractivity contribution in [3.8, 4) is 0 Å². The molecule has 1 fully saturated rings. The number of hydrogen-bond donors (Lipinski definition) is 3. The summed E-state index contributed by atoms with van der Waals surface area (Å²) in [5, 5.41) is 3.85. The molecule has 4 heteroatoms. The zero-order chi connectivity index (χ0) is 15.2. The van der Waals surface area contributed by atoms with Crippen molar-refractivity contribution in [1.29, 1.82) is 0 Å². The normalized spacial score (nSPS) is 29.9. The summed E-state index contributed by atoms with van der Waals surface area (Å²) in [6.45, 7) is 0. The lowest BCUT2D eigenvalue weighted by atomic mass is 10.0. The van der Waals surface area contributed by atoms with Gasteiger partial charge in [0.05, 0.1) is 6.04 Å². The second-order valence-electron chi connectivity index (χ2n) is 7.42. The highest BCUT2D eigenvalue weighted by Crippen LogP contribution is 2.27. The molecule has 23 heavy (non-hydrogen) atoms. The molecule has 4 nitrogen and oxygen atoms in total. The molecule has 0 aromatic carbocycles. The Balaban J connectivity index is 1.48. The molecule has 0 spiro atoms. The van der Waals surface area contributed by atoms with Gasteiger partial charge >= 0.3 is 0 Å². The van der Waals surface area contributed by atoms with Crippen molar-refractivity contribution in [3.05, 3.63) is 47.0 Å². The number of aliphatic imine (C=N–C) groups is 1. The molecule has 3 aliphatic rings. The van der Waals surface area contributed by atoms with E-state index in [1.54, 1.807) is 0 Å². The largest absolute Gasteiger partial charge is 0.362 e. The minimum absolute atomic E-state index is 0.494. The van der Waals surface area contributed by atoms with Crippen LogP contribution in [0.3, 0.4) is 0 Å². The SMILES string of the molecule is c1cc2[nH]c1CC1=NC(CC1)C1CCC(Cc3ccc([nH]3)C2)N1. The van der Waals surface area contributed by atoms with Crippen LogP contribution in [0.25, 0.3) is 0 Å². The first-order chi connectivity index (χ1) is 11.3. The van der Waals surface area contributed by atoms with Gasteiger partial charge in [0.15, 0.2) is 0 Å². The Bertz CT molecular complexity index is 738. The van der Waals surface area contributed by atoms with Crippen LogP contribution in [0.5, 0.6) is 0 Å². The second-order valence-corrected chi connectivity index (χ2v) is 7.42. The molecule has 5 rings (SSSR count). The Labute approximate surface area is 136 Å². The summed E-state index contributed by atoms with van der Waals surface area (Å²) in [4.78, 5) is 12.2. The number of rotatable bonds is 0. The molecule has 3 unspecified atom stereocenters. The van der Waals surface area contributed by atoms with Gasteiger partial charge in [0.1, 0.15) is 0 Å². The lowest BCUT2D eigenvalue weighted by Crippen LogP contribution is -2.37. The van der Waals surface area contributed by atoms with Crippen LogP contribution >= 0.6 is 0 Å². The molecule has 8 bridgehead atoms. The summed E-state index contributed by atoms with van der Waals surface area (Å²) in [6.07, 6.45) is 7.98. The van der Waals surface area contributed by atoms with E-state index < -0.39 is 0 Å². The fourth-order valence-electron chi connectivity index (χ4n) is 4.52. The summed E-state index contributed by atoms with van der Waals surface area (Å²) in [5.74, 6) is 0. The van der Waals surface area contributed by atoms with Gasteiger partial charge in [0, 0.05) is 59.8 Å². The van der Waals surface area contributed by atoms with E-state index in [2.05, 4.69) is 39.6 Å². The first-order valence-corrected chi connectivity index (χ1v) is 8.97. The number of fused-ring (bicyclic) bond motifs is 8. The maximum atomic E-state index is 5.05. The Kier molecular flexibility index (Phi) is 3.18. The van der Waals surface area contributed by atoms with E-state index in [-0.39, 0.29) is 0 Å². The minimum atomic E-state index is 0.494. The highest BCUT2D eigenvalue weighted by molar-refractivity contribution is 5.88. The Morgan fingerprint density at radius 2 is 1.57 bits per heavy atom. The minimum Gasteiger partial charge on any atom is -0.362 e. The van der Waals surface area contributed by atoms with E-state index in [1.807, 2.05) is 0 Å². The third-order valence-electron chi connectivity index (χ3n) is 5.67. The average molecular weight is 308 g/mol. The fraction of sp³-hybridized carbons (Fsp3) is 0.526. The Hall–Kier alpha value is -1.81. The van der Waals surface area contributed by atoms with Crippen LogP contribution in [0.4, 0.5) is 0 Å². The molecule has 3 aliphatic heterocycles. The van der Waals surface area contributed by atoms with Crippen molar-refractivity contribution in [2.75, 3.05) is 0 Å². The standard InChI is InChI=1S/C19H24N4/c1-3-14-10-16-5-7-18(22-16)19-8-6-17(23-19)11-15-4-2-13(21-15)9-12(1)20-14/h1-4,16,18-22H,5-11H2. The lowest BCUT2D eigenvalue weighted by molar-refractivity contribution is 0.456. The zero-order valence-corrected chi connectivity index (χ0v) is 13.4. The number of nitrogens with one attached hydrogen (secondary N) is 3. The Morgan fingerprint density at radius 3 is 2.43 bits per heavy atom.